The van der Waals surface area contributed by atoms with Crippen molar-refractivity contribution in [1.29, 1.82) is 0 Å². The second kappa shape index (κ2) is 4.47. The predicted octanol–water partition coefficient (Wildman–Crippen LogP) is 2.15. The topological polar surface area (TPSA) is 40.5 Å². The molecule has 0 saturated carbocycles. The zero-order valence-electron chi connectivity index (χ0n) is 8.67. The molecule has 2 N–H and O–H groups in total. The van der Waals surface area contributed by atoms with E-state index in [4.69, 9.17) is 11.6 Å². The minimum absolute atomic E-state index is 0.125. The molecule has 1 aromatic carbocycles. The van der Waals surface area contributed by atoms with Crippen LogP contribution in [0.2, 0.25) is 5.02 Å². The SMILES string of the molecule is CC(C)(O)C(O)Cc1cc(F)ccc1Cl. The van der Waals surface area contributed by atoms with Crippen molar-refractivity contribution in [3.63, 3.8) is 0 Å². The molecule has 0 heterocycles. The Hall–Kier alpha value is -0.640. The molecular formula is C11H14ClFO2. The van der Waals surface area contributed by atoms with E-state index in [9.17, 15) is 14.6 Å². The summed E-state index contributed by atoms with van der Waals surface area (Å²) in [5, 5.41) is 19.5. The Morgan fingerprint density at radius 3 is 2.60 bits per heavy atom. The van der Waals surface area contributed by atoms with E-state index in [0.29, 0.717) is 10.6 Å². The summed E-state index contributed by atoms with van der Waals surface area (Å²) in [6, 6.07) is 3.95. The van der Waals surface area contributed by atoms with Crippen molar-refractivity contribution in [2.45, 2.75) is 32.0 Å². The minimum atomic E-state index is -1.23. The van der Waals surface area contributed by atoms with Gasteiger partial charge in [-0.25, -0.2) is 4.39 Å². The van der Waals surface area contributed by atoms with E-state index in [0.717, 1.165) is 0 Å². The van der Waals surface area contributed by atoms with E-state index in [1.807, 2.05) is 0 Å². The van der Waals surface area contributed by atoms with Crippen molar-refractivity contribution in [3.8, 4) is 0 Å². The van der Waals surface area contributed by atoms with Crippen LogP contribution in [-0.2, 0) is 6.42 Å². The molecule has 0 radical (unpaired) electrons. The Morgan fingerprint density at radius 1 is 1.47 bits per heavy atom. The van der Waals surface area contributed by atoms with Crippen molar-refractivity contribution in [3.05, 3.63) is 34.6 Å². The molecule has 0 spiro atoms. The summed E-state index contributed by atoms with van der Waals surface area (Å²) in [6.07, 6.45) is -0.850. The Labute approximate surface area is 93.3 Å². The third-order valence-corrected chi connectivity index (χ3v) is 2.61. The maximum absolute atomic E-state index is 12.9. The molecule has 1 unspecified atom stereocenters. The van der Waals surface area contributed by atoms with Crippen molar-refractivity contribution in [1.82, 2.24) is 0 Å². The summed E-state index contributed by atoms with van der Waals surface area (Å²) in [5.41, 5.74) is -0.735. The van der Waals surface area contributed by atoms with Gasteiger partial charge in [0, 0.05) is 11.4 Å². The van der Waals surface area contributed by atoms with Gasteiger partial charge in [-0.2, -0.15) is 0 Å². The Balaban J connectivity index is 2.85. The maximum atomic E-state index is 12.9. The van der Waals surface area contributed by atoms with Crippen LogP contribution < -0.4 is 0 Å². The van der Waals surface area contributed by atoms with E-state index < -0.39 is 17.5 Å². The van der Waals surface area contributed by atoms with Crippen LogP contribution in [0, 0.1) is 5.82 Å². The van der Waals surface area contributed by atoms with Gasteiger partial charge in [0.2, 0.25) is 0 Å². The van der Waals surface area contributed by atoms with Gasteiger partial charge >= 0.3 is 0 Å². The average molecular weight is 233 g/mol. The predicted molar refractivity (Wildman–Crippen MR) is 57.4 cm³/mol. The van der Waals surface area contributed by atoms with Gasteiger partial charge in [0.15, 0.2) is 0 Å². The molecule has 0 amide bonds. The van der Waals surface area contributed by atoms with E-state index in [1.165, 1.54) is 32.0 Å². The van der Waals surface area contributed by atoms with E-state index in [-0.39, 0.29) is 6.42 Å². The van der Waals surface area contributed by atoms with Gasteiger partial charge in [-0.1, -0.05) is 11.6 Å². The lowest BCUT2D eigenvalue weighted by Crippen LogP contribution is -2.37. The average Bonchev–Trinajstić information content (AvgIpc) is 2.09. The van der Waals surface area contributed by atoms with E-state index in [1.54, 1.807) is 0 Å². The molecule has 0 saturated heterocycles. The van der Waals surface area contributed by atoms with Crippen molar-refractivity contribution in [2.75, 3.05) is 0 Å². The molecule has 1 rings (SSSR count). The monoisotopic (exact) mass is 232 g/mol. The fraction of sp³-hybridized carbons (Fsp3) is 0.455. The highest BCUT2D eigenvalue weighted by Crippen LogP contribution is 2.21. The van der Waals surface area contributed by atoms with Crippen LogP contribution in [-0.4, -0.2) is 21.9 Å². The molecule has 1 aromatic rings. The molecule has 0 bridgehead atoms. The molecule has 0 aliphatic heterocycles. The highest BCUT2D eigenvalue weighted by atomic mass is 35.5. The number of hydrogen-bond acceptors (Lipinski definition) is 2. The quantitative estimate of drug-likeness (QED) is 0.839. The molecule has 0 fully saturated rings. The molecule has 0 aromatic heterocycles. The van der Waals surface area contributed by atoms with Gasteiger partial charge in [-0.15, -0.1) is 0 Å². The Bertz CT molecular complexity index is 347. The minimum Gasteiger partial charge on any atom is -0.390 e. The first kappa shape index (κ1) is 12.4. The Morgan fingerprint density at radius 2 is 2.07 bits per heavy atom. The highest BCUT2D eigenvalue weighted by molar-refractivity contribution is 6.31. The molecular weight excluding hydrogens is 219 g/mol. The molecule has 4 heteroatoms. The van der Waals surface area contributed by atoms with Gasteiger partial charge in [0.25, 0.3) is 0 Å². The van der Waals surface area contributed by atoms with Gasteiger partial charge in [-0.05, 0) is 37.6 Å². The smallest absolute Gasteiger partial charge is 0.123 e. The van der Waals surface area contributed by atoms with Gasteiger partial charge in [0.05, 0.1) is 11.7 Å². The van der Waals surface area contributed by atoms with Gasteiger partial charge in [-0.3, -0.25) is 0 Å². The second-order valence-corrected chi connectivity index (χ2v) is 4.52. The van der Waals surface area contributed by atoms with Crippen LogP contribution in [0.25, 0.3) is 0 Å². The summed E-state index contributed by atoms with van der Waals surface area (Å²) in [5.74, 6) is -0.405. The summed E-state index contributed by atoms with van der Waals surface area (Å²) >= 11 is 5.83. The lowest BCUT2D eigenvalue weighted by Gasteiger charge is -2.24. The molecule has 84 valence electrons. The first-order valence-electron chi connectivity index (χ1n) is 4.65. The first-order valence-corrected chi connectivity index (χ1v) is 5.03. The summed E-state index contributed by atoms with van der Waals surface area (Å²) in [4.78, 5) is 0. The molecule has 15 heavy (non-hydrogen) atoms. The third-order valence-electron chi connectivity index (χ3n) is 2.24. The molecule has 0 aliphatic rings. The van der Waals surface area contributed by atoms with Crippen LogP contribution in [0.15, 0.2) is 18.2 Å². The Kier molecular flexibility index (Phi) is 3.71. The molecule has 2 nitrogen and oxygen atoms in total. The summed E-state index contributed by atoms with van der Waals surface area (Å²) in [6.45, 7) is 2.98. The molecule has 0 aliphatic carbocycles. The lowest BCUT2D eigenvalue weighted by molar-refractivity contribution is -0.0469. The first-order chi connectivity index (χ1) is 6.80. The fourth-order valence-corrected chi connectivity index (χ4v) is 1.35. The van der Waals surface area contributed by atoms with Crippen LogP contribution in [0.5, 0.6) is 0 Å². The summed E-state index contributed by atoms with van der Waals surface area (Å²) < 4.78 is 12.9. The highest BCUT2D eigenvalue weighted by Gasteiger charge is 2.25. The fourth-order valence-electron chi connectivity index (χ4n) is 1.16. The van der Waals surface area contributed by atoms with E-state index >= 15 is 0 Å². The second-order valence-electron chi connectivity index (χ2n) is 4.11. The number of aliphatic hydroxyl groups excluding tert-OH is 1. The van der Waals surface area contributed by atoms with Crippen molar-refractivity contribution >= 4 is 11.6 Å². The van der Waals surface area contributed by atoms with Gasteiger partial charge < -0.3 is 10.2 Å². The number of halogens is 2. The number of aliphatic hydroxyl groups is 2. The zero-order valence-corrected chi connectivity index (χ0v) is 9.42. The van der Waals surface area contributed by atoms with Crippen LogP contribution >= 0.6 is 11.6 Å². The molecule has 1 atom stereocenters. The van der Waals surface area contributed by atoms with Crippen molar-refractivity contribution < 1.29 is 14.6 Å². The number of hydrogen-bond donors (Lipinski definition) is 2. The maximum Gasteiger partial charge on any atom is 0.123 e. The van der Waals surface area contributed by atoms with Gasteiger partial charge in [0.1, 0.15) is 5.82 Å². The number of benzene rings is 1. The van der Waals surface area contributed by atoms with Crippen LogP contribution in [0.1, 0.15) is 19.4 Å². The zero-order chi connectivity index (χ0) is 11.6. The lowest BCUT2D eigenvalue weighted by atomic mass is 9.95. The summed E-state index contributed by atoms with van der Waals surface area (Å²) in [7, 11) is 0. The largest absolute Gasteiger partial charge is 0.390 e. The van der Waals surface area contributed by atoms with Crippen LogP contribution in [0.4, 0.5) is 4.39 Å². The number of rotatable bonds is 3. The van der Waals surface area contributed by atoms with E-state index in [2.05, 4.69) is 0 Å². The normalized spacial score (nSPS) is 14.0. The van der Waals surface area contributed by atoms with Crippen LogP contribution in [0.3, 0.4) is 0 Å². The van der Waals surface area contributed by atoms with Crippen molar-refractivity contribution in [2.24, 2.45) is 0 Å². The standard InChI is InChI=1S/C11H14ClFO2/c1-11(2,15)10(14)6-7-5-8(13)3-4-9(7)12/h3-5,10,14-15H,6H2,1-2H3. The third kappa shape index (κ3) is 3.45.